The number of nitrogen functional groups attached to an aromatic ring is 1. The summed E-state index contributed by atoms with van der Waals surface area (Å²) in [5, 5.41) is 0.304. The van der Waals surface area contributed by atoms with Gasteiger partial charge in [0.05, 0.1) is 12.8 Å². The number of rotatable bonds is 5. The third-order valence-electron chi connectivity index (χ3n) is 4.49. The van der Waals surface area contributed by atoms with Crippen LogP contribution >= 0.6 is 11.5 Å². The fraction of sp³-hybridized carbons (Fsp3) is 0.389. The normalized spacial score (nSPS) is 14.1. The van der Waals surface area contributed by atoms with E-state index in [2.05, 4.69) is 9.27 Å². The highest BCUT2D eigenvalue weighted by molar-refractivity contribution is 7.10. The SMILES string of the molecule is COc1ccc(N2CCN(C(=O)COC(=O)c3c(C)nsc3N)CC2)cc1. The Hall–Kier alpha value is -2.81. The van der Waals surface area contributed by atoms with E-state index in [1.54, 1.807) is 18.9 Å². The summed E-state index contributed by atoms with van der Waals surface area (Å²) in [5.74, 6) is -0.00723. The van der Waals surface area contributed by atoms with Crippen LogP contribution in [0.3, 0.4) is 0 Å². The molecule has 27 heavy (non-hydrogen) atoms. The molecule has 1 saturated heterocycles. The van der Waals surface area contributed by atoms with Gasteiger partial charge in [-0.3, -0.25) is 4.79 Å². The molecule has 144 valence electrons. The molecule has 0 aliphatic carbocycles. The van der Waals surface area contributed by atoms with Gasteiger partial charge in [0.25, 0.3) is 5.91 Å². The molecule has 1 aliphatic rings. The number of piperazine rings is 1. The molecule has 1 aromatic carbocycles. The van der Waals surface area contributed by atoms with Gasteiger partial charge in [-0.15, -0.1) is 0 Å². The summed E-state index contributed by atoms with van der Waals surface area (Å²) in [4.78, 5) is 28.3. The molecule has 1 fully saturated rings. The zero-order valence-corrected chi connectivity index (χ0v) is 16.1. The van der Waals surface area contributed by atoms with Crippen molar-refractivity contribution in [3.8, 4) is 5.75 Å². The third-order valence-corrected chi connectivity index (χ3v) is 5.26. The van der Waals surface area contributed by atoms with Crippen LogP contribution in [-0.2, 0) is 9.53 Å². The Morgan fingerprint density at radius 1 is 1.19 bits per heavy atom. The summed E-state index contributed by atoms with van der Waals surface area (Å²) >= 11 is 1.04. The first-order valence-electron chi connectivity index (χ1n) is 8.55. The van der Waals surface area contributed by atoms with Crippen LogP contribution in [0.2, 0.25) is 0 Å². The fourth-order valence-electron chi connectivity index (χ4n) is 2.93. The molecule has 1 aromatic heterocycles. The number of nitrogens with two attached hydrogens (primary N) is 1. The first-order chi connectivity index (χ1) is 13.0. The van der Waals surface area contributed by atoms with Crippen molar-refractivity contribution in [2.45, 2.75) is 6.92 Å². The van der Waals surface area contributed by atoms with Crippen LogP contribution in [0.1, 0.15) is 16.1 Å². The maximum Gasteiger partial charge on any atom is 0.343 e. The lowest BCUT2D eigenvalue weighted by Crippen LogP contribution is -2.49. The van der Waals surface area contributed by atoms with Gasteiger partial charge in [-0.2, -0.15) is 4.37 Å². The van der Waals surface area contributed by atoms with Gasteiger partial charge in [-0.25, -0.2) is 4.79 Å². The lowest BCUT2D eigenvalue weighted by Gasteiger charge is -2.36. The summed E-state index contributed by atoms with van der Waals surface area (Å²) < 4.78 is 14.3. The number of esters is 1. The highest BCUT2D eigenvalue weighted by Gasteiger charge is 2.24. The van der Waals surface area contributed by atoms with E-state index in [0.717, 1.165) is 23.0 Å². The van der Waals surface area contributed by atoms with Gasteiger partial charge in [0.15, 0.2) is 6.61 Å². The Balaban J connectivity index is 1.49. The van der Waals surface area contributed by atoms with E-state index in [-0.39, 0.29) is 18.1 Å². The Morgan fingerprint density at radius 3 is 2.41 bits per heavy atom. The van der Waals surface area contributed by atoms with Crippen molar-refractivity contribution in [2.24, 2.45) is 0 Å². The van der Waals surface area contributed by atoms with Gasteiger partial charge in [0, 0.05) is 31.9 Å². The number of ether oxygens (including phenoxy) is 2. The predicted octanol–water partition coefficient (Wildman–Crippen LogP) is 1.55. The number of carbonyl (C=O) groups is 2. The van der Waals surface area contributed by atoms with Crippen molar-refractivity contribution in [2.75, 3.05) is 50.5 Å². The van der Waals surface area contributed by atoms with E-state index in [9.17, 15) is 9.59 Å². The van der Waals surface area contributed by atoms with Crippen molar-refractivity contribution in [3.05, 3.63) is 35.5 Å². The molecular formula is C18H22N4O4S. The van der Waals surface area contributed by atoms with Crippen LogP contribution in [0.4, 0.5) is 10.7 Å². The molecule has 2 heterocycles. The van der Waals surface area contributed by atoms with Crippen molar-refractivity contribution in [1.29, 1.82) is 0 Å². The average Bonchev–Trinajstić information content (AvgIpc) is 3.04. The lowest BCUT2D eigenvalue weighted by molar-refractivity contribution is -0.134. The average molecular weight is 390 g/mol. The van der Waals surface area contributed by atoms with E-state index in [4.69, 9.17) is 15.2 Å². The van der Waals surface area contributed by atoms with E-state index in [1.165, 1.54) is 0 Å². The fourth-order valence-corrected chi connectivity index (χ4v) is 3.58. The van der Waals surface area contributed by atoms with Crippen LogP contribution in [0, 0.1) is 6.92 Å². The molecule has 1 amide bonds. The maximum atomic E-state index is 12.3. The number of carbonyl (C=O) groups excluding carboxylic acids is 2. The quantitative estimate of drug-likeness (QED) is 0.774. The Morgan fingerprint density at radius 2 is 1.85 bits per heavy atom. The molecule has 3 rings (SSSR count). The zero-order chi connectivity index (χ0) is 19.4. The predicted molar refractivity (Wildman–Crippen MR) is 103 cm³/mol. The Labute approximate surface area is 161 Å². The van der Waals surface area contributed by atoms with Crippen LogP contribution < -0.4 is 15.4 Å². The van der Waals surface area contributed by atoms with Gasteiger partial charge in [0.2, 0.25) is 0 Å². The number of amides is 1. The van der Waals surface area contributed by atoms with E-state index >= 15 is 0 Å². The van der Waals surface area contributed by atoms with Crippen LogP contribution in [0.5, 0.6) is 5.75 Å². The second kappa shape index (κ2) is 8.26. The molecule has 2 aromatic rings. The van der Waals surface area contributed by atoms with Crippen molar-refractivity contribution < 1.29 is 19.1 Å². The summed E-state index contributed by atoms with van der Waals surface area (Å²) in [6.45, 7) is 3.96. The summed E-state index contributed by atoms with van der Waals surface area (Å²) in [6, 6.07) is 7.83. The number of aromatic nitrogens is 1. The number of hydrogen-bond donors (Lipinski definition) is 1. The number of nitrogens with zero attached hydrogens (tertiary/aromatic N) is 3. The van der Waals surface area contributed by atoms with Crippen molar-refractivity contribution >= 4 is 34.1 Å². The minimum atomic E-state index is -0.607. The first kappa shape index (κ1) is 19.0. The molecule has 0 spiro atoms. The van der Waals surface area contributed by atoms with Crippen LogP contribution in [0.15, 0.2) is 24.3 Å². The molecule has 9 heteroatoms. The molecule has 0 saturated carbocycles. The molecule has 0 atom stereocenters. The topological polar surface area (TPSA) is 98.0 Å². The van der Waals surface area contributed by atoms with Gasteiger partial charge in [-0.1, -0.05) is 0 Å². The highest BCUT2D eigenvalue weighted by Crippen LogP contribution is 2.22. The van der Waals surface area contributed by atoms with E-state index < -0.39 is 5.97 Å². The number of benzene rings is 1. The van der Waals surface area contributed by atoms with Crippen LogP contribution in [-0.4, -0.2) is 61.0 Å². The summed E-state index contributed by atoms with van der Waals surface area (Å²) in [6.07, 6.45) is 0. The van der Waals surface area contributed by atoms with Gasteiger partial charge < -0.3 is 25.0 Å². The largest absolute Gasteiger partial charge is 0.497 e. The zero-order valence-electron chi connectivity index (χ0n) is 15.3. The number of hydrogen-bond acceptors (Lipinski definition) is 8. The molecule has 0 radical (unpaired) electrons. The molecule has 2 N–H and O–H groups in total. The maximum absolute atomic E-state index is 12.3. The van der Waals surface area contributed by atoms with Crippen molar-refractivity contribution in [3.63, 3.8) is 0 Å². The van der Waals surface area contributed by atoms with Gasteiger partial charge in [-0.05, 0) is 42.7 Å². The minimum absolute atomic E-state index is 0.211. The molecule has 0 bridgehead atoms. The van der Waals surface area contributed by atoms with Crippen LogP contribution in [0.25, 0.3) is 0 Å². The smallest absolute Gasteiger partial charge is 0.343 e. The number of anilines is 2. The molecule has 1 aliphatic heterocycles. The van der Waals surface area contributed by atoms with Gasteiger partial charge in [0.1, 0.15) is 16.3 Å². The Kier molecular flexibility index (Phi) is 5.80. The molecule has 8 nitrogen and oxygen atoms in total. The number of methoxy groups -OCH3 is 1. The van der Waals surface area contributed by atoms with Gasteiger partial charge >= 0.3 is 5.97 Å². The summed E-state index contributed by atoms with van der Waals surface area (Å²) in [5.41, 5.74) is 7.58. The summed E-state index contributed by atoms with van der Waals surface area (Å²) in [7, 11) is 1.64. The molecule has 0 unspecified atom stereocenters. The standard InChI is InChI=1S/C18H22N4O4S/c1-12-16(17(19)27-20-12)18(24)26-11-15(23)22-9-7-21(8-10-22)13-3-5-14(25-2)6-4-13/h3-6H,7-11,19H2,1-2H3. The number of aryl methyl sites for hydroxylation is 1. The van der Waals surface area contributed by atoms with E-state index in [0.29, 0.717) is 36.9 Å². The second-order valence-electron chi connectivity index (χ2n) is 6.15. The third kappa shape index (κ3) is 4.30. The Bertz CT molecular complexity index is 794. The molecular weight excluding hydrogens is 368 g/mol. The second-order valence-corrected chi connectivity index (χ2v) is 6.95. The first-order valence-corrected chi connectivity index (χ1v) is 9.32. The van der Waals surface area contributed by atoms with E-state index in [1.807, 2.05) is 24.3 Å². The minimum Gasteiger partial charge on any atom is -0.497 e. The highest BCUT2D eigenvalue weighted by atomic mass is 32.1. The lowest BCUT2D eigenvalue weighted by atomic mass is 10.2. The van der Waals surface area contributed by atoms with Crippen molar-refractivity contribution in [1.82, 2.24) is 9.27 Å². The monoisotopic (exact) mass is 390 g/mol.